The van der Waals surface area contributed by atoms with Crippen LogP contribution in [0.15, 0.2) is 42.5 Å². The first kappa shape index (κ1) is 22.7. The summed E-state index contributed by atoms with van der Waals surface area (Å²) in [7, 11) is 1.43. The number of Topliss-reactive ketones (excluding diaryl/α,β-unsaturated/α-hetero) is 1. The summed E-state index contributed by atoms with van der Waals surface area (Å²) in [5.74, 6) is -0.232. The summed E-state index contributed by atoms with van der Waals surface area (Å²) in [6.45, 7) is 4.75. The highest BCUT2D eigenvalue weighted by molar-refractivity contribution is 5.96. The molecule has 0 saturated heterocycles. The highest BCUT2D eigenvalue weighted by Crippen LogP contribution is 2.28. The van der Waals surface area contributed by atoms with Crippen molar-refractivity contribution in [3.05, 3.63) is 48.0 Å². The molecule has 8 heteroatoms. The molecular formula is C22H25NO7. The molecule has 160 valence electrons. The summed E-state index contributed by atoms with van der Waals surface area (Å²) in [5, 5.41) is 2.68. The lowest BCUT2D eigenvalue weighted by atomic mass is 10.1. The Kier molecular flexibility index (Phi) is 8.22. The minimum absolute atomic E-state index is 0.120. The number of hydrogen-bond donors (Lipinski definition) is 1. The van der Waals surface area contributed by atoms with E-state index >= 15 is 0 Å². The summed E-state index contributed by atoms with van der Waals surface area (Å²) >= 11 is 0. The number of nitrogens with one attached hydrogen (secondary N) is 1. The van der Waals surface area contributed by atoms with E-state index in [9.17, 15) is 14.4 Å². The topological polar surface area (TPSA) is 100 Å². The van der Waals surface area contributed by atoms with Gasteiger partial charge >= 0.3 is 5.97 Å². The van der Waals surface area contributed by atoms with Crippen LogP contribution in [0.25, 0.3) is 0 Å². The van der Waals surface area contributed by atoms with E-state index in [1.165, 1.54) is 33.1 Å². The normalized spacial score (nSPS) is 11.2. The molecule has 0 bridgehead atoms. The molecular weight excluding hydrogens is 390 g/mol. The van der Waals surface area contributed by atoms with Crippen LogP contribution in [0, 0.1) is 0 Å². The summed E-state index contributed by atoms with van der Waals surface area (Å²) in [4.78, 5) is 35.9. The number of amides is 1. The zero-order valence-corrected chi connectivity index (χ0v) is 17.4. The number of ether oxygens (including phenoxy) is 4. The summed E-state index contributed by atoms with van der Waals surface area (Å²) in [6.07, 6.45) is -1.04. The van der Waals surface area contributed by atoms with Gasteiger partial charge in [-0.05, 0) is 51.1 Å². The van der Waals surface area contributed by atoms with Crippen molar-refractivity contribution in [3.63, 3.8) is 0 Å². The van der Waals surface area contributed by atoms with Crippen LogP contribution >= 0.6 is 0 Å². The van der Waals surface area contributed by atoms with Gasteiger partial charge in [0.1, 0.15) is 5.75 Å². The Morgan fingerprint density at radius 1 is 1.00 bits per heavy atom. The van der Waals surface area contributed by atoms with Crippen LogP contribution in [0.5, 0.6) is 17.2 Å². The molecule has 30 heavy (non-hydrogen) atoms. The Hall–Kier alpha value is -3.55. The van der Waals surface area contributed by atoms with Crippen LogP contribution < -0.4 is 19.5 Å². The van der Waals surface area contributed by atoms with Gasteiger partial charge in [-0.3, -0.25) is 9.59 Å². The molecule has 2 aromatic carbocycles. The second kappa shape index (κ2) is 10.8. The number of carbonyl (C=O) groups excluding carboxylic acids is 3. The minimum Gasteiger partial charge on any atom is -0.493 e. The minimum atomic E-state index is -1.04. The van der Waals surface area contributed by atoms with Gasteiger partial charge in [-0.1, -0.05) is 12.1 Å². The fourth-order valence-electron chi connectivity index (χ4n) is 2.51. The van der Waals surface area contributed by atoms with E-state index in [1.54, 1.807) is 30.3 Å². The van der Waals surface area contributed by atoms with Gasteiger partial charge < -0.3 is 24.3 Å². The second-order valence-corrected chi connectivity index (χ2v) is 6.26. The number of esters is 1. The molecule has 1 atom stereocenters. The maximum Gasteiger partial charge on any atom is 0.344 e. The van der Waals surface area contributed by atoms with Crippen LogP contribution in [0.3, 0.4) is 0 Å². The van der Waals surface area contributed by atoms with E-state index in [1.807, 2.05) is 6.92 Å². The monoisotopic (exact) mass is 415 g/mol. The Morgan fingerprint density at radius 2 is 1.73 bits per heavy atom. The Bertz CT molecular complexity index is 910. The first-order valence-corrected chi connectivity index (χ1v) is 9.39. The predicted molar refractivity (Wildman–Crippen MR) is 110 cm³/mol. The number of hydrogen-bond acceptors (Lipinski definition) is 7. The van der Waals surface area contributed by atoms with E-state index in [-0.39, 0.29) is 11.5 Å². The number of ketones is 1. The van der Waals surface area contributed by atoms with Gasteiger partial charge in [-0.25, -0.2) is 4.79 Å². The van der Waals surface area contributed by atoms with Crippen LogP contribution in [0.4, 0.5) is 5.69 Å². The van der Waals surface area contributed by atoms with Crippen molar-refractivity contribution in [1.82, 2.24) is 0 Å². The molecule has 2 rings (SSSR count). The van der Waals surface area contributed by atoms with Crippen LogP contribution in [0.2, 0.25) is 0 Å². The molecule has 0 fully saturated rings. The van der Waals surface area contributed by atoms with E-state index in [0.717, 1.165) is 0 Å². The molecule has 0 aliphatic heterocycles. The molecule has 0 spiro atoms. The zero-order chi connectivity index (χ0) is 22.1. The summed E-state index contributed by atoms with van der Waals surface area (Å²) < 4.78 is 21.2. The third-order valence-corrected chi connectivity index (χ3v) is 4.04. The second-order valence-electron chi connectivity index (χ2n) is 6.26. The van der Waals surface area contributed by atoms with Crippen molar-refractivity contribution < 1.29 is 33.3 Å². The van der Waals surface area contributed by atoms with E-state index in [2.05, 4.69) is 5.32 Å². The molecule has 0 aliphatic rings. The number of anilines is 1. The number of carbonyl (C=O) groups is 3. The third kappa shape index (κ3) is 6.23. The van der Waals surface area contributed by atoms with Gasteiger partial charge in [0, 0.05) is 5.56 Å². The van der Waals surface area contributed by atoms with E-state index in [0.29, 0.717) is 29.4 Å². The van der Waals surface area contributed by atoms with E-state index in [4.69, 9.17) is 18.9 Å². The standard InChI is InChI=1S/C22H25NO7/c1-5-28-18-9-7-6-8-17(18)23-22(26)15(3)30-21(25)13-29-19-11-10-16(14(2)24)12-20(19)27-4/h6-12,15H,5,13H2,1-4H3,(H,23,26)/t15-/m1/s1. The van der Waals surface area contributed by atoms with Crippen molar-refractivity contribution >= 4 is 23.3 Å². The van der Waals surface area contributed by atoms with Crippen molar-refractivity contribution in [2.24, 2.45) is 0 Å². The Balaban J connectivity index is 1.92. The first-order chi connectivity index (χ1) is 14.3. The molecule has 0 saturated carbocycles. The zero-order valence-electron chi connectivity index (χ0n) is 17.4. The highest BCUT2D eigenvalue weighted by Gasteiger charge is 2.20. The fraction of sp³-hybridized carbons (Fsp3) is 0.318. The maximum atomic E-state index is 12.3. The van der Waals surface area contributed by atoms with Gasteiger partial charge in [0.15, 0.2) is 30.0 Å². The van der Waals surface area contributed by atoms with Gasteiger partial charge in [0.25, 0.3) is 5.91 Å². The summed E-state index contributed by atoms with van der Waals surface area (Å²) in [6, 6.07) is 11.6. The van der Waals surface area contributed by atoms with Crippen LogP contribution in [0.1, 0.15) is 31.1 Å². The van der Waals surface area contributed by atoms with E-state index < -0.39 is 24.6 Å². The summed E-state index contributed by atoms with van der Waals surface area (Å²) in [5.41, 5.74) is 0.943. The first-order valence-electron chi connectivity index (χ1n) is 9.39. The van der Waals surface area contributed by atoms with Gasteiger partial charge in [0.05, 0.1) is 19.4 Å². The van der Waals surface area contributed by atoms with Gasteiger partial charge in [0.2, 0.25) is 0 Å². The lowest BCUT2D eigenvalue weighted by Gasteiger charge is -2.16. The number of rotatable bonds is 10. The average Bonchev–Trinajstić information content (AvgIpc) is 2.73. The van der Waals surface area contributed by atoms with Crippen molar-refractivity contribution in [1.29, 1.82) is 0 Å². The molecule has 2 aromatic rings. The smallest absolute Gasteiger partial charge is 0.344 e. The van der Waals surface area contributed by atoms with Gasteiger partial charge in [-0.15, -0.1) is 0 Å². The maximum absolute atomic E-state index is 12.3. The quantitative estimate of drug-likeness (QED) is 0.470. The largest absolute Gasteiger partial charge is 0.493 e. The Labute approximate surface area is 175 Å². The Morgan fingerprint density at radius 3 is 2.40 bits per heavy atom. The number of methoxy groups -OCH3 is 1. The lowest BCUT2D eigenvalue weighted by molar-refractivity contribution is -0.155. The van der Waals surface area contributed by atoms with Crippen molar-refractivity contribution in [2.75, 3.05) is 25.6 Å². The molecule has 0 aliphatic carbocycles. The molecule has 1 N–H and O–H groups in total. The van der Waals surface area contributed by atoms with Crippen LogP contribution in [-0.2, 0) is 14.3 Å². The third-order valence-electron chi connectivity index (χ3n) is 4.04. The molecule has 1 amide bonds. The molecule has 0 aromatic heterocycles. The SMILES string of the molecule is CCOc1ccccc1NC(=O)[C@@H](C)OC(=O)COc1ccc(C(C)=O)cc1OC. The van der Waals surface area contributed by atoms with Gasteiger partial charge in [-0.2, -0.15) is 0 Å². The van der Waals surface area contributed by atoms with Crippen molar-refractivity contribution in [3.8, 4) is 17.2 Å². The molecule has 0 unspecified atom stereocenters. The molecule has 0 heterocycles. The lowest BCUT2D eigenvalue weighted by Crippen LogP contribution is -2.31. The predicted octanol–water partition coefficient (Wildman–Crippen LogP) is 3.25. The average molecular weight is 415 g/mol. The molecule has 0 radical (unpaired) electrons. The van der Waals surface area contributed by atoms with Crippen molar-refractivity contribution in [2.45, 2.75) is 26.9 Å². The number of benzene rings is 2. The highest BCUT2D eigenvalue weighted by atomic mass is 16.6. The van der Waals surface area contributed by atoms with Crippen LogP contribution in [-0.4, -0.2) is 44.1 Å². The number of para-hydroxylation sites is 2. The molecule has 8 nitrogen and oxygen atoms in total. The fourth-order valence-corrected chi connectivity index (χ4v) is 2.51.